The smallest absolute Gasteiger partial charge is 0.252 e. The highest BCUT2D eigenvalue weighted by atomic mass is 32.2. The van der Waals surface area contributed by atoms with Crippen LogP contribution in [0, 0.1) is 12.8 Å². The van der Waals surface area contributed by atoms with Gasteiger partial charge >= 0.3 is 0 Å². The van der Waals surface area contributed by atoms with Crippen molar-refractivity contribution in [3.8, 4) is 0 Å². The Morgan fingerprint density at radius 1 is 1.58 bits per heavy atom. The van der Waals surface area contributed by atoms with Crippen LogP contribution in [0.5, 0.6) is 0 Å². The van der Waals surface area contributed by atoms with E-state index >= 15 is 0 Å². The van der Waals surface area contributed by atoms with Crippen LogP contribution in [-0.4, -0.2) is 38.2 Å². The summed E-state index contributed by atoms with van der Waals surface area (Å²) < 4.78 is 33.0. The Kier molecular flexibility index (Phi) is 3.38. The van der Waals surface area contributed by atoms with Gasteiger partial charge in [-0.3, -0.25) is 0 Å². The summed E-state index contributed by atoms with van der Waals surface area (Å²) >= 11 is 1.16. The molecule has 2 heterocycles. The molecule has 4 unspecified atom stereocenters. The summed E-state index contributed by atoms with van der Waals surface area (Å²) in [5, 5.41) is 0.727. The second-order valence-corrected chi connectivity index (χ2v) is 8.24. The molecule has 2 fully saturated rings. The molecule has 19 heavy (non-hydrogen) atoms. The first-order valence-corrected chi connectivity index (χ1v) is 8.61. The average molecular weight is 303 g/mol. The van der Waals surface area contributed by atoms with Crippen molar-refractivity contribution in [3.63, 3.8) is 0 Å². The molecule has 1 aromatic heterocycles. The molecule has 3 N–H and O–H groups in total. The molecular formula is C11H17N3O3S2. The van der Waals surface area contributed by atoms with Crippen molar-refractivity contribution < 1.29 is 13.2 Å². The molecule has 4 atom stereocenters. The highest BCUT2D eigenvalue weighted by molar-refractivity contribution is 7.91. The number of sulfonamides is 1. The largest absolute Gasteiger partial charge is 0.376 e. The molecule has 0 radical (unpaired) electrons. The summed E-state index contributed by atoms with van der Waals surface area (Å²) in [6.07, 6.45) is 3.32. The fourth-order valence-corrected chi connectivity index (χ4v) is 5.20. The first-order chi connectivity index (χ1) is 8.99. The van der Waals surface area contributed by atoms with Gasteiger partial charge in [0.1, 0.15) is 0 Å². The maximum absolute atomic E-state index is 12.2. The van der Waals surface area contributed by atoms with Gasteiger partial charge in [-0.15, -0.1) is 11.3 Å². The molecule has 1 aromatic rings. The fourth-order valence-electron chi connectivity index (χ4n) is 2.80. The van der Waals surface area contributed by atoms with Crippen LogP contribution in [0.2, 0.25) is 0 Å². The maximum Gasteiger partial charge on any atom is 0.252 e. The lowest BCUT2D eigenvalue weighted by Gasteiger charge is -2.52. The second-order valence-electron chi connectivity index (χ2n) is 5.06. The number of nitrogens with two attached hydrogens (primary N) is 1. The molecule has 106 valence electrons. The zero-order valence-electron chi connectivity index (χ0n) is 10.6. The molecule has 0 aromatic carbocycles. The minimum atomic E-state index is -3.54. The zero-order chi connectivity index (χ0) is 13.6. The van der Waals surface area contributed by atoms with E-state index in [9.17, 15) is 8.42 Å². The Bertz CT molecular complexity index is 571. The summed E-state index contributed by atoms with van der Waals surface area (Å²) in [4.78, 5) is 3.97. The summed E-state index contributed by atoms with van der Waals surface area (Å²) in [6, 6.07) is -0.480. The van der Waals surface area contributed by atoms with Crippen LogP contribution in [0.4, 0.5) is 0 Å². The first-order valence-electron chi connectivity index (χ1n) is 6.31. The second kappa shape index (κ2) is 4.78. The Labute approximate surface area is 116 Å². The molecule has 1 saturated heterocycles. The molecule has 0 bridgehead atoms. The molecule has 8 heteroatoms. The monoisotopic (exact) mass is 303 g/mol. The number of thiazole rings is 1. The van der Waals surface area contributed by atoms with Crippen LogP contribution in [0.1, 0.15) is 17.8 Å². The van der Waals surface area contributed by atoms with Gasteiger partial charge in [0.05, 0.1) is 23.4 Å². The van der Waals surface area contributed by atoms with Gasteiger partial charge in [0.15, 0.2) is 4.21 Å². The van der Waals surface area contributed by atoms with Gasteiger partial charge in [-0.05, 0) is 19.8 Å². The molecule has 6 nitrogen and oxygen atoms in total. The van der Waals surface area contributed by atoms with Gasteiger partial charge in [0.25, 0.3) is 10.0 Å². The van der Waals surface area contributed by atoms with E-state index in [0.29, 0.717) is 6.61 Å². The van der Waals surface area contributed by atoms with E-state index in [0.717, 1.165) is 29.2 Å². The normalized spacial score (nSPS) is 34.6. The van der Waals surface area contributed by atoms with Gasteiger partial charge in [-0.1, -0.05) is 0 Å². The third kappa shape index (κ3) is 2.31. The first kappa shape index (κ1) is 13.4. The number of hydrogen-bond donors (Lipinski definition) is 2. The van der Waals surface area contributed by atoms with Gasteiger partial charge in [0, 0.05) is 18.6 Å². The number of nitrogens with zero attached hydrogens (tertiary/aromatic N) is 1. The average Bonchev–Trinajstić information content (AvgIpc) is 2.83. The number of aromatic nitrogens is 1. The van der Waals surface area contributed by atoms with Crippen molar-refractivity contribution in [2.75, 3.05) is 6.61 Å². The van der Waals surface area contributed by atoms with Crippen LogP contribution in [0.25, 0.3) is 0 Å². The topological polar surface area (TPSA) is 94.3 Å². The van der Waals surface area contributed by atoms with Crippen LogP contribution >= 0.6 is 11.3 Å². The van der Waals surface area contributed by atoms with E-state index in [2.05, 4.69) is 9.71 Å². The number of fused-ring (bicyclic) bond motifs is 1. The molecule has 1 aliphatic carbocycles. The Morgan fingerprint density at radius 2 is 2.37 bits per heavy atom. The van der Waals surface area contributed by atoms with Crippen molar-refractivity contribution in [3.05, 3.63) is 11.2 Å². The molecular weight excluding hydrogens is 286 g/mol. The van der Waals surface area contributed by atoms with Crippen LogP contribution < -0.4 is 10.5 Å². The van der Waals surface area contributed by atoms with Crippen molar-refractivity contribution in [2.45, 2.75) is 42.2 Å². The lowest BCUT2D eigenvalue weighted by Crippen LogP contribution is -2.71. The number of hydrogen-bond acceptors (Lipinski definition) is 6. The lowest BCUT2D eigenvalue weighted by molar-refractivity contribution is -0.114. The van der Waals surface area contributed by atoms with Gasteiger partial charge in [-0.25, -0.2) is 18.1 Å². The third-order valence-corrected chi connectivity index (χ3v) is 6.67. The van der Waals surface area contributed by atoms with E-state index in [1.165, 1.54) is 6.20 Å². The minimum Gasteiger partial charge on any atom is -0.376 e. The van der Waals surface area contributed by atoms with Crippen molar-refractivity contribution in [1.29, 1.82) is 0 Å². The quantitative estimate of drug-likeness (QED) is 0.834. The van der Waals surface area contributed by atoms with Crippen molar-refractivity contribution >= 4 is 21.4 Å². The maximum atomic E-state index is 12.2. The summed E-state index contributed by atoms with van der Waals surface area (Å²) in [5.74, 6) is 0.282. The van der Waals surface area contributed by atoms with Gasteiger partial charge in [-0.2, -0.15) is 0 Å². The zero-order valence-corrected chi connectivity index (χ0v) is 12.2. The predicted octanol–water partition coefficient (Wildman–Crippen LogP) is 0.235. The summed E-state index contributed by atoms with van der Waals surface area (Å²) in [7, 11) is -3.54. The van der Waals surface area contributed by atoms with E-state index in [-0.39, 0.29) is 28.3 Å². The van der Waals surface area contributed by atoms with E-state index in [4.69, 9.17) is 10.5 Å². The summed E-state index contributed by atoms with van der Waals surface area (Å²) in [6.45, 7) is 2.46. The molecule has 0 amide bonds. The van der Waals surface area contributed by atoms with Crippen LogP contribution in [0.15, 0.2) is 10.4 Å². The highest BCUT2D eigenvalue weighted by Crippen LogP contribution is 2.37. The van der Waals surface area contributed by atoms with Gasteiger partial charge < -0.3 is 10.5 Å². The van der Waals surface area contributed by atoms with Crippen LogP contribution in [-0.2, 0) is 14.8 Å². The number of aryl methyl sites for hydroxylation is 1. The number of ether oxygens (including phenoxy) is 1. The number of nitrogens with one attached hydrogen (secondary N) is 1. The van der Waals surface area contributed by atoms with Crippen molar-refractivity contribution in [1.82, 2.24) is 9.71 Å². The van der Waals surface area contributed by atoms with Gasteiger partial charge in [0.2, 0.25) is 0 Å². The lowest BCUT2D eigenvalue weighted by atomic mass is 9.69. The molecule has 0 spiro atoms. The van der Waals surface area contributed by atoms with Crippen molar-refractivity contribution in [2.24, 2.45) is 11.7 Å². The SMILES string of the molecule is Cc1ncc(S(=O)(=O)NC2C(N)C3CCCOC32)s1. The number of rotatable bonds is 3. The van der Waals surface area contributed by atoms with Crippen LogP contribution in [0.3, 0.4) is 0 Å². The highest BCUT2D eigenvalue weighted by Gasteiger charge is 2.52. The molecule has 1 saturated carbocycles. The summed E-state index contributed by atoms with van der Waals surface area (Å²) in [5.41, 5.74) is 6.05. The third-order valence-electron chi connectivity index (χ3n) is 3.83. The predicted molar refractivity (Wildman–Crippen MR) is 71.4 cm³/mol. The standard InChI is InChI=1S/C11H17N3O3S2/c1-6-13-5-8(18-6)19(15,16)14-10-9(12)7-3-2-4-17-11(7)10/h5,7,9-11,14H,2-4,12H2,1H3. The van der Waals surface area contributed by atoms with E-state index < -0.39 is 10.0 Å². The fraction of sp³-hybridized carbons (Fsp3) is 0.727. The van der Waals surface area contributed by atoms with E-state index in [1.807, 2.05) is 0 Å². The molecule has 3 rings (SSSR count). The Balaban J connectivity index is 1.74. The Morgan fingerprint density at radius 3 is 3.05 bits per heavy atom. The Hall–Kier alpha value is -0.540. The minimum absolute atomic E-state index is 0.0763. The molecule has 2 aliphatic rings. The van der Waals surface area contributed by atoms with E-state index in [1.54, 1.807) is 6.92 Å². The molecule has 1 aliphatic heterocycles.